The van der Waals surface area contributed by atoms with E-state index < -0.39 is 16.1 Å². The summed E-state index contributed by atoms with van der Waals surface area (Å²) in [5.74, 6) is -0.336. The number of rotatable bonds is 9. The smallest absolute Gasteiger partial charge is 0.407 e. The Balaban J connectivity index is 1.24. The minimum atomic E-state index is -3.23. The number of para-hydroxylation sites is 1. The molecule has 2 aromatic rings. The number of carbonyl (C=O) groups is 2. The Hall–Kier alpha value is -3.00. The summed E-state index contributed by atoms with van der Waals surface area (Å²) in [5.41, 5.74) is 0.701. The number of sulfonamides is 1. The first-order valence-corrected chi connectivity index (χ1v) is 17.1. The van der Waals surface area contributed by atoms with Gasteiger partial charge in [0.15, 0.2) is 0 Å². The Morgan fingerprint density at radius 1 is 1.02 bits per heavy atom. The first-order chi connectivity index (χ1) is 20.4. The third-order valence-corrected chi connectivity index (χ3v) is 10.4. The van der Waals surface area contributed by atoms with Gasteiger partial charge in [0, 0.05) is 70.5 Å². The molecule has 0 aliphatic carbocycles. The molecule has 13 heteroatoms. The fourth-order valence-electron chi connectivity index (χ4n) is 7.02. The maximum atomic E-state index is 13.5. The van der Waals surface area contributed by atoms with E-state index in [4.69, 9.17) is 4.74 Å². The van der Waals surface area contributed by atoms with Gasteiger partial charge < -0.3 is 19.9 Å². The number of alkyl carbamates (subject to hydrolysis) is 1. The normalized spacial score (nSPS) is 24.3. The van der Waals surface area contributed by atoms with Gasteiger partial charge in [-0.25, -0.2) is 13.2 Å². The van der Waals surface area contributed by atoms with Crippen LogP contribution in [0.3, 0.4) is 0 Å². The van der Waals surface area contributed by atoms with E-state index in [9.17, 15) is 22.8 Å². The zero-order valence-electron chi connectivity index (χ0n) is 25.5. The highest BCUT2D eigenvalue weighted by Gasteiger charge is 2.43. The van der Waals surface area contributed by atoms with E-state index in [1.165, 1.54) is 17.6 Å². The molecule has 0 spiro atoms. The van der Waals surface area contributed by atoms with Crippen molar-refractivity contribution in [3.8, 4) is 0 Å². The van der Waals surface area contributed by atoms with Gasteiger partial charge in [-0.1, -0.05) is 18.2 Å². The van der Waals surface area contributed by atoms with Gasteiger partial charge in [0.2, 0.25) is 10.0 Å². The largest absolute Gasteiger partial charge is 0.444 e. The SMILES string of the molecule is CNC(=O)O[C@H](CN1CCN(S(C)(=O)=O)CC1)CN1[C@@H]2CC[C@@H]1CC(NC(=O)c1cc3ccccc3n(C(C)C)c1=O)C2. The van der Waals surface area contributed by atoms with E-state index >= 15 is 0 Å². The molecule has 43 heavy (non-hydrogen) atoms. The lowest BCUT2D eigenvalue weighted by molar-refractivity contribution is 0.0142. The number of piperidine rings is 1. The molecule has 3 aliphatic rings. The molecule has 0 saturated carbocycles. The summed E-state index contributed by atoms with van der Waals surface area (Å²) < 4.78 is 32.8. The highest BCUT2D eigenvalue weighted by Crippen LogP contribution is 2.36. The molecule has 2 amide bonds. The van der Waals surface area contributed by atoms with Gasteiger partial charge in [-0.3, -0.25) is 19.4 Å². The lowest BCUT2D eigenvalue weighted by Crippen LogP contribution is -2.55. The minimum Gasteiger partial charge on any atom is -0.444 e. The Labute approximate surface area is 253 Å². The van der Waals surface area contributed by atoms with Crippen LogP contribution in [0.15, 0.2) is 35.1 Å². The number of fused-ring (bicyclic) bond motifs is 3. The van der Waals surface area contributed by atoms with Crippen molar-refractivity contribution in [1.29, 1.82) is 0 Å². The Kier molecular flexibility index (Phi) is 9.45. The van der Waals surface area contributed by atoms with Gasteiger partial charge in [0.25, 0.3) is 11.5 Å². The zero-order chi connectivity index (χ0) is 30.9. The predicted molar refractivity (Wildman–Crippen MR) is 165 cm³/mol. The van der Waals surface area contributed by atoms with Crippen molar-refractivity contribution in [3.05, 3.63) is 46.2 Å². The van der Waals surface area contributed by atoms with Crippen molar-refractivity contribution in [1.82, 2.24) is 29.3 Å². The summed E-state index contributed by atoms with van der Waals surface area (Å²) >= 11 is 0. The molecular weight excluding hydrogens is 572 g/mol. The molecule has 236 valence electrons. The second-order valence-corrected chi connectivity index (χ2v) is 14.3. The molecule has 3 atom stereocenters. The molecule has 2 N–H and O–H groups in total. The fraction of sp³-hybridized carbons (Fsp3) is 0.633. The van der Waals surface area contributed by atoms with E-state index in [1.54, 1.807) is 10.6 Å². The Bertz CT molecular complexity index is 1490. The number of piperazine rings is 1. The molecular formula is C30H44N6O6S. The van der Waals surface area contributed by atoms with Gasteiger partial charge >= 0.3 is 6.09 Å². The number of aromatic nitrogens is 1. The number of pyridine rings is 1. The molecule has 5 rings (SSSR count). The van der Waals surface area contributed by atoms with Crippen LogP contribution in [0, 0.1) is 0 Å². The number of hydrogen-bond donors (Lipinski definition) is 2. The summed E-state index contributed by atoms with van der Waals surface area (Å²) in [4.78, 5) is 43.6. The van der Waals surface area contributed by atoms with Crippen molar-refractivity contribution in [2.24, 2.45) is 0 Å². The standard InChI is InChI=1S/C30H44N6O6S/c1-20(2)36-27-8-6-5-7-21(27)15-26(29(36)38)28(37)32-22-16-23-9-10-24(17-22)35(23)19-25(42-30(39)31-3)18-33-11-13-34(14-12-33)43(4,40)41/h5-8,15,20,22-25H,9-14,16-19H2,1-4H3,(H,31,39)(H,32,37)/t23-,24-,25-/m1/s1. The molecule has 1 aromatic heterocycles. The van der Waals surface area contributed by atoms with Gasteiger partial charge in [0.1, 0.15) is 11.7 Å². The van der Waals surface area contributed by atoms with Gasteiger partial charge in [-0.05, 0) is 57.0 Å². The van der Waals surface area contributed by atoms with E-state index in [0.29, 0.717) is 39.3 Å². The second-order valence-electron chi connectivity index (χ2n) is 12.3. The van der Waals surface area contributed by atoms with Gasteiger partial charge in [-0.15, -0.1) is 0 Å². The molecule has 0 radical (unpaired) electrons. The molecule has 3 aliphatic heterocycles. The molecule has 3 fully saturated rings. The summed E-state index contributed by atoms with van der Waals surface area (Å²) in [7, 11) is -1.69. The second kappa shape index (κ2) is 12.9. The van der Waals surface area contributed by atoms with Crippen LogP contribution in [0.5, 0.6) is 0 Å². The fourth-order valence-corrected chi connectivity index (χ4v) is 7.85. The number of ether oxygens (including phenoxy) is 1. The van der Waals surface area contributed by atoms with E-state index in [-0.39, 0.29) is 47.3 Å². The number of nitrogens with one attached hydrogen (secondary N) is 2. The number of hydrogen-bond acceptors (Lipinski definition) is 8. The number of nitrogens with zero attached hydrogens (tertiary/aromatic N) is 4. The van der Waals surface area contributed by atoms with Crippen LogP contribution in [0.2, 0.25) is 0 Å². The molecule has 4 heterocycles. The zero-order valence-corrected chi connectivity index (χ0v) is 26.3. The van der Waals surface area contributed by atoms with Gasteiger partial charge in [-0.2, -0.15) is 4.31 Å². The van der Waals surface area contributed by atoms with Crippen molar-refractivity contribution in [3.63, 3.8) is 0 Å². The highest BCUT2D eigenvalue weighted by atomic mass is 32.2. The molecule has 12 nitrogen and oxygen atoms in total. The third-order valence-electron chi connectivity index (χ3n) is 9.08. The van der Waals surface area contributed by atoms with Crippen LogP contribution in [0.4, 0.5) is 4.79 Å². The molecule has 0 unspecified atom stereocenters. The monoisotopic (exact) mass is 616 g/mol. The number of carbonyl (C=O) groups excluding carboxylic acids is 2. The topological polar surface area (TPSA) is 133 Å². The summed E-state index contributed by atoms with van der Waals surface area (Å²) in [6, 6.07) is 9.65. The molecule has 1 aromatic carbocycles. The summed E-state index contributed by atoms with van der Waals surface area (Å²) in [6.45, 7) is 6.97. The Morgan fingerprint density at radius 2 is 1.67 bits per heavy atom. The van der Waals surface area contributed by atoms with Crippen LogP contribution in [-0.2, 0) is 14.8 Å². The average Bonchev–Trinajstić information content (AvgIpc) is 3.18. The Morgan fingerprint density at radius 3 is 2.28 bits per heavy atom. The molecule has 2 bridgehead atoms. The lowest BCUT2D eigenvalue weighted by Gasteiger charge is -2.41. The minimum absolute atomic E-state index is 0.0537. The van der Waals surface area contributed by atoms with E-state index in [1.807, 2.05) is 38.1 Å². The first kappa shape index (κ1) is 31.4. The lowest BCUT2D eigenvalue weighted by atomic mass is 9.96. The summed E-state index contributed by atoms with van der Waals surface area (Å²) in [6.07, 6.45) is 3.86. The quantitative estimate of drug-likeness (QED) is 0.434. The average molecular weight is 617 g/mol. The van der Waals surface area contributed by atoms with Crippen LogP contribution >= 0.6 is 0 Å². The maximum absolute atomic E-state index is 13.5. The van der Waals surface area contributed by atoms with Crippen LogP contribution < -0.4 is 16.2 Å². The number of amides is 2. The van der Waals surface area contributed by atoms with Crippen LogP contribution in [0.25, 0.3) is 10.9 Å². The van der Waals surface area contributed by atoms with Crippen LogP contribution in [-0.4, -0.2) is 116 Å². The molecule has 3 saturated heterocycles. The maximum Gasteiger partial charge on any atom is 0.407 e. The predicted octanol–water partition coefficient (Wildman–Crippen LogP) is 1.61. The van der Waals surface area contributed by atoms with E-state index in [2.05, 4.69) is 20.4 Å². The van der Waals surface area contributed by atoms with Crippen LogP contribution in [0.1, 0.15) is 55.9 Å². The van der Waals surface area contributed by atoms with Gasteiger partial charge in [0.05, 0.1) is 11.8 Å². The third kappa shape index (κ3) is 7.05. The van der Waals surface area contributed by atoms with E-state index in [0.717, 1.165) is 36.6 Å². The number of benzene rings is 1. The van der Waals surface area contributed by atoms with Crippen molar-refractivity contribution >= 4 is 32.9 Å². The summed E-state index contributed by atoms with van der Waals surface area (Å²) in [5, 5.41) is 6.57. The first-order valence-electron chi connectivity index (χ1n) is 15.2. The highest BCUT2D eigenvalue weighted by molar-refractivity contribution is 7.88. The van der Waals surface area contributed by atoms with Crippen molar-refractivity contribution in [2.45, 2.75) is 69.8 Å². The van der Waals surface area contributed by atoms with Crippen molar-refractivity contribution in [2.75, 3.05) is 52.6 Å². The van der Waals surface area contributed by atoms with Crippen molar-refractivity contribution < 1.29 is 22.7 Å².